The van der Waals surface area contributed by atoms with Gasteiger partial charge in [0, 0.05) is 29.5 Å². The fraction of sp³-hybridized carbons (Fsp3) is 0.143. The summed E-state index contributed by atoms with van der Waals surface area (Å²) in [7, 11) is 0. The maximum Gasteiger partial charge on any atom is 0.123 e. The molecule has 4 heteroatoms. The van der Waals surface area contributed by atoms with Crippen molar-refractivity contribution in [2.45, 2.75) is 12.6 Å². The number of pyridine rings is 1. The van der Waals surface area contributed by atoms with Crippen molar-refractivity contribution < 1.29 is 0 Å². The van der Waals surface area contributed by atoms with E-state index < -0.39 is 0 Å². The van der Waals surface area contributed by atoms with Crippen LogP contribution in [0.2, 0.25) is 5.02 Å². The zero-order valence-electron chi connectivity index (χ0n) is 9.68. The second kappa shape index (κ2) is 6.15. The summed E-state index contributed by atoms with van der Waals surface area (Å²) in [6.45, 7) is 0.615. The van der Waals surface area contributed by atoms with Gasteiger partial charge in [0.15, 0.2) is 0 Å². The summed E-state index contributed by atoms with van der Waals surface area (Å²) in [5, 5.41) is 13.0. The topological polar surface area (TPSA) is 48.7 Å². The van der Waals surface area contributed by atoms with Gasteiger partial charge in [-0.1, -0.05) is 29.8 Å². The molecule has 0 fully saturated rings. The van der Waals surface area contributed by atoms with Crippen LogP contribution in [0, 0.1) is 11.3 Å². The highest BCUT2D eigenvalue weighted by Crippen LogP contribution is 2.13. The molecule has 0 radical (unpaired) electrons. The molecule has 1 heterocycles. The number of benzene rings is 1. The van der Waals surface area contributed by atoms with Crippen molar-refractivity contribution in [1.82, 2.24) is 10.3 Å². The number of rotatable bonds is 4. The zero-order chi connectivity index (χ0) is 12.8. The van der Waals surface area contributed by atoms with Gasteiger partial charge in [-0.3, -0.25) is 10.3 Å². The molecule has 1 N–H and O–H groups in total. The molecule has 1 aromatic heterocycles. The van der Waals surface area contributed by atoms with Gasteiger partial charge in [0.25, 0.3) is 0 Å². The molecule has 0 saturated heterocycles. The van der Waals surface area contributed by atoms with E-state index in [4.69, 9.17) is 16.9 Å². The lowest BCUT2D eigenvalue weighted by molar-refractivity contribution is 0.628. The van der Waals surface area contributed by atoms with Crippen LogP contribution in [0.5, 0.6) is 0 Å². The van der Waals surface area contributed by atoms with Crippen molar-refractivity contribution >= 4 is 11.6 Å². The highest BCUT2D eigenvalue weighted by Gasteiger charge is 2.09. The standard InChI is InChI=1S/C14H12ClN3/c15-13-5-3-11(4-6-13)9-18-14(8-16)12-2-1-7-17-10-12/h1-7,10,14,18H,9H2. The largest absolute Gasteiger partial charge is 0.294 e. The van der Waals surface area contributed by atoms with Crippen LogP contribution in [-0.4, -0.2) is 4.98 Å². The summed E-state index contributed by atoms with van der Waals surface area (Å²) in [5.74, 6) is 0. The molecule has 1 atom stereocenters. The van der Waals surface area contributed by atoms with Crippen molar-refractivity contribution in [2.75, 3.05) is 0 Å². The lowest BCUT2D eigenvalue weighted by atomic mass is 10.1. The molecule has 2 rings (SSSR count). The first-order valence-corrected chi connectivity index (χ1v) is 5.95. The smallest absolute Gasteiger partial charge is 0.123 e. The lowest BCUT2D eigenvalue weighted by Gasteiger charge is -2.11. The summed E-state index contributed by atoms with van der Waals surface area (Å²) in [6, 6.07) is 13.1. The molecule has 0 aliphatic heterocycles. The predicted octanol–water partition coefficient (Wildman–Crippen LogP) is 3.09. The SMILES string of the molecule is N#CC(NCc1ccc(Cl)cc1)c1cccnc1. The highest BCUT2D eigenvalue weighted by atomic mass is 35.5. The molecular formula is C14H12ClN3. The molecule has 1 unspecified atom stereocenters. The first-order valence-electron chi connectivity index (χ1n) is 5.57. The molecule has 0 spiro atoms. The Kier molecular flexibility index (Phi) is 4.30. The second-order valence-electron chi connectivity index (χ2n) is 3.86. The fourth-order valence-corrected chi connectivity index (χ4v) is 1.73. The maximum absolute atomic E-state index is 9.14. The van der Waals surface area contributed by atoms with Crippen LogP contribution in [-0.2, 0) is 6.54 Å². The van der Waals surface area contributed by atoms with Crippen molar-refractivity contribution in [2.24, 2.45) is 0 Å². The van der Waals surface area contributed by atoms with Crippen LogP contribution in [0.15, 0.2) is 48.8 Å². The predicted molar refractivity (Wildman–Crippen MR) is 70.9 cm³/mol. The van der Waals surface area contributed by atoms with Crippen LogP contribution in [0.4, 0.5) is 0 Å². The van der Waals surface area contributed by atoms with E-state index in [1.54, 1.807) is 12.4 Å². The van der Waals surface area contributed by atoms with Crippen LogP contribution in [0.3, 0.4) is 0 Å². The van der Waals surface area contributed by atoms with Gasteiger partial charge in [0.2, 0.25) is 0 Å². The Morgan fingerprint density at radius 1 is 1.28 bits per heavy atom. The Morgan fingerprint density at radius 2 is 2.06 bits per heavy atom. The molecule has 0 bridgehead atoms. The molecule has 0 aliphatic rings. The third-order valence-electron chi connectivity index (χ3n) is 2.57. The van der Waals surface area contributed by atoms with E-state index in [0.717, 1.165) is 11.1 Å². The number of nitrogens with zero attached hydrogens (tertiary/aromatic N) is 2. The van der Waals surface area contributed by atoms with E-state index in [2.05, 4.69) is 16.4 Å². The summed E-state index contributed by atoms with van der Waals surface area (Å²) in [5.41, 5.74) is 1.96. The molecule has 0 amide bonds. The molecule has 1 aromatic carbocycles. The van der Waals surface area contributed by atoms with E-state index in [1.807, 2.05) is 36.4 Å². The van der Waals surface area contributed by atoms with Gasteiger partial charge in [0.05, 0.1) is 6.07 Å². The molecular weight excluding hydrogens is 246 g/mol. The molecule has 2 aromatic rings. The fourth-order valence-electron chi connectivity index (χ4n) is 1.61. The maximum atomic E-state index is 9.14. The molecule has 0 saturated carbocycles. The Balaban J connectivity index is 2.00. The number of hydrogen-bond donors (Lipinski definition) is 1. The number of halogens is 1. The molecule has 0 aliphatic carbocycles. The monoisotopic (exact) mass is 257 g/mol. The molecule has 90 valence electrons. The number of nitriles is 1. The van der Waals surface area contributed by atoms with Gasteiger partial charge >= 0.3 is 0 Å². The van der Waals surface area contributed by atoms with Gasteiger partial charge in [0.1, 0.15) is 6.04 Å². The average molecular weight is 258 g/mol. The second-order valence-corrected chi connectivity index (χ2v) is 4.29. The van der Waals surface area contributed by atoms with E-state index in [1.165, 1.54) is 0 Å². The normalized spacial score (nSPS) is 11.8. The van der Waals surface area contributed by atoms with Crippen molar-refractivity contribution in [1.29, 1.82) is 5.26 Å². The third-order valence-corrected chi connectivity index (χ3v) is 2.82. The Bertz CT molecular complexity index is 531. The lowest BCUT2D eigenvalue weighted by Crippen LogP contribution is -2.19. The van der Waals surface area contributed by atoms with Crippen LogP contribution >= 0.6 is 11.6 Å². The molecule has 18 heavy (non-hydrogen) atoms. The van der Waals surface area contributed by atoms with Crippen molar-refractivity contribution in [3.8, 4) is 6.07 Å². The third kappa shape index (κ3) is 3.30. The summed E-state index contributed by atoms with van der Waals surface area (Å²) in [4.78, 5) is 4.01. The van der Waals surface area contributed by atoms with E-state index in [0.29, 0.717) is 11.6 Å². The summed E-state index contributed by atoms with van der Waals surface area (Å²) >= 11 is 5.82. The first-order chi connectivity index (χ1) is 8.79. The minimum Gasteiger partial charge on any atom is -0.294 e. The van der Waals surface area contributed by atoms with E-state index >= 15 is 0 Å². The van der Waals surface area contributed by atoms with Crippen molar-refractivity contribution in [3.63, 3.8) is 0 Å². The number of hydrogen-bond acceptors (Lipinski definition) is 3. The van der Waals surface area contributed by atoms with Gasteiger partial charge in [-0.2, -0.15) is 5.26 Å². The van der Waals surface area contributed by atoms with E-state index in [-0.39, 0.29) is 6.04 Å². The van der Waals surface area contributed by atoms with Crippen molar-refractivity contribution in [3.05, 3.63) is 64.9 Å². The Labute approximate surface area is 111 Å². The molecule has 3 nitrogen and oxygen atoms in total. The summed E-state index contributed by atoms with van der Waals surface area (Å²) in [6.07, 6.45) is 3.39. The Hall–Kier alpha value is -1.89. The first kappa shape index (κ1) is 12.6. The van der Waals surface area contributed by atoms with Crippen LogP contribution in [0.1, 0.15) is 17.2 Å². The number of aromatic nitrogens is 1. The van der Waals surface area contributed by atoms with Crippen LogP contribution in [0.25, 0.3) is 0 Å². The van der Waals surface area contributed by atoms with E-state index in [9.17, 15) is 0 Å². The van der Waals surface area contributed by atoms with Gasteiger partial charge in [-0.15, -0.1) is 0 Å². The van der Waals surface area contributed by atoms with Gasteiger partial charge in [-0.05, 0) is 23.8 Å². The minimum atomic E-state index is -0.352. The Morgan fingerprint density at radius 3 is 2.67 bits per heavy atom. The van der Waals surface area contributed by atoms with Gasteiger partial charge in [-0.25, -0.2) is 0 Å². The highest BCUT2D eigenvalue weighted by molar-refractivity contribution is 6.30. The minimum absolute atomic E-state index is 0.352. The average Bonchev–Trinajstić information content (AvgIpc) is 2.43. The van der Waals surface area contributed by atoms with Crippen LogP contribution < -0.4 is 5.32 Å². The van der Waals surface area contributed by atoms with Gasteiger partial charge < -0.3 is 0 Å². The summed E-state index contributed by atoms with van der Waals surface area (Å²) < 4.78 is 0. The number of nitrogens with one attached hydrogen (secondary N) is 1. The quantitative estimate of drug-likeness (QED) is 0.916. The zero-order valence-corrected chi connectivity index (χ0v) is 10.4.